The molecule has 0 heterocycles. The predicted molar refractivity (Wildman–Crippen MR) is 65.1 cm³/mol. The number of amides is 1. The molecule has 0 spiro atoms. The Bertz CT molecular complexity index is 236. The minimum Gasteiger partial charge on any atom is -0.396 e. The molecule has 0 atom stereocenters. The molecule has 16 heavy (non-hydrogen) atoms. The monoisotopic (exact) mass is 225 g/mol. The van der Waals surface area contributed by atoms with Crippen LogP contribution >= 0.6 is 0 Å². The van der Waals surface area contributed by atoms with Crippen molar-refractivity contribution in [3.05, 3.63) is 11.6 Å². The van der Waals surface area contributed by atoms with Gasteiger partial charge in [-0.25, -0.2) is 0 Å². The van der Waals surface area contributed by atoms with Gasteiger partial charge in [0.05, 0.1) is 0 Å². The highest BCUT2D eigenvalue weighted by atomic mass is 16.2. The summed E-state index contributed by atoms with van der Waals surface area (Å²) >= 11 is 0. The average Bonchev–Trinajstić information content (AvgIpc) is 2.31. The second kappa shape index (κ2) is 8.34. The van der Waals surface area contributed by atoms with Crippen molar-refractivity contribution in [1.82, 2.24) is 5.32 Å². The van der Waals surface area contributed by atoms with E-state index < -0.39 is 0 Å². The largest absolute Gasteiger partial charge is 0.396 e. The van der Waals surface area contributed by atoms with E-state index in [1.807, 2.05) is 0 Å². The van der Waals surface area contributed by atoms with Crippen LogP contribution in [0.4, 0.5) is 0 Å². The maximum Gasteiger partial charge on any atom is 0.220 e. The Morgan fingerprint density at radius 3 is 2.94 bits per heavy atom. The van der Waals surface area contributed by atoms with E-state index in [1.165, 1.54) is 31.3 Å². The lowest BCUT2D eigenvalue weighted by Crippen LogP contribution is -2.24. The van der Waals surface area contributed by atoms with Crippen molar-refractivity contribution < 1.29 is 9.90 Å². The van der Waals surface area contributed by atoms with Crippen LogP contribution in [0.2, 0.25) is 0 Å². The van der Waals surface area contributed by atoms with Gasteiger partial charge in [0.25, 0.3) is 0 Å². The number of carbonyl (C=O) groups excluding carboxylic acids is 1. The van der Waals surface area contributed by atoms with Crippen molar-refractivity contribution in [3.63, 3.8) is 0 Å². The Hall–Kier alpha value is -0.830. The first-order chi connectivity index (χ1) is 7.83. The number of rotatable bonds is 7. The molecule has 3 nitrogen and oxygen atoms in total. The second-order valence-corrected chi connectivity index (χ2v) is 4.39. The van der Waals surface area contributed by atoms with E-state index in [-0.39, 0.29) is 12.5 Å². The fourth-order valence-corrected chi connectivity index (χ4v) is 1.98. The van der Waals surface area contributed by atoms with Gasteiger partial charge >= 0.3 is 0 Å². The van der Waals surface area contributed by atoms with Crippen LogP contribution in [0.1, 0.15) is 51.4 Å². The molecule has 1 aliphatic rings. The van der Waals surface area contributed by atoms with E-state index in [4.69, 9.17) is 5.11 Å². The van der Waals surface area contributed by atoms with Gasteiger partial charge in [0.15, 0.2) is 0 Å². The van der Waals surface area contributed by atoms with Gasteiger partial charge in [-0.2, -0.15) is 0 Å². The Labute approximate surface area is 97.9 Å². The molecular weight excluding hydrogens is 202 g/mol. The molecule has 0 bridgehead atoms. The third kappa shape index (κ3) is 5.91. The number of nitrogens with one attached hydrogen (secondary N) is 1. The molecule has 2 N–H and O–H groups in total. The maximum absolute atomic E-state index is 11.3. The molecule has 0 fully saturated rings. The lowest BCUT2D eigenvalue weighted by atomic mass is 9.97. The highest BCUT2D eigenvalue weighted by Gasteiger charge is 2.04. The minimum absolute atomic E-state index is 0.116. The molecule has 3 heteroatoms. The van der Waals surface area contributed by atoms with Gasteiger partial charge in [0, 0.05) is 19.6 Å². The Morgan fingerprint density at radius 2 is 2.25 bits per heavy atom. The quantitative estimate of drug-likeness (QED) is 0.515. The van der Waals surface area contributed by atoms with E-state index in [1.54, 1.807) is 0 Å². The van der Waals surface area contributed by atoms with E-state index in [2.05, 4.69) is 11.4 Å². The lowest BCUT2D eigenvalue weighted by molar-refractivity contribution is -0.121. The number of allylic oxidation sites excluding steroid dienone is 1. The summed E-state index contributed by atoms with van der Waals surface area (Å²) in [6.07, 6.45) is 10.4. The Kier molecular flexibility index (Phi) is 6.90. The zero-order valence-electron chi connectivity index (χ0n) is 10.0. The summed E-state index contributed by atoms with van der Waals surface area (Å²) in [5.74, 6) is 0.116. The molecule has 0 aliphatic heterocycles. The maximum atomic E-state index is 11.3. The van der Waals surface area contributed by atoms with Gasteiger partial charge in [-0.3, -0.25) is 4.79 Å². The smallest absolute Gasteiger partial charge is 0.220 e. The first kappa shape index (κ1) is 13.2. The number of hydrogen-bond donors (Lipinski definition) is 2. The highest BCUT2D eigenvalue weighted by Crippen LogP contribution is 2.19. The van der Waals surface area contributed by atoms with Crippen LogP contribution in [0.3, 0.4) is 0 Å². The van der Waals surface area contributed by atoms with E-state index in [0.29, 0.717) is 6.42 Å². The number of carbonyl (C=O) groups is 1. The number of aliphatic hydroxyl groups excluding tert-OH is 1. The van der Waals surface area contributed by atoms with Crippen molar-refractivity contribution >= 4 is 5.91 Å². The molecule has 92 valence electrons. The molecule has 0 saturated carbocycles. The van der Waals surface area contributed by atoms with Crippen LogP contribution in [0, 0.1) is 0 Å². The molecule has 0 saturated heterocycles. The number of aliphatic hydroxyl groups is 1. The van der Waals surface area contributed by atoms with Crippen LogP contribution < -0.4 is 5.32 Å². The normalized spacial score (nSPS) is 15.7. The molecule has 0 aromatic carbocycles. The SMILES string of the molecule is O=C(CCCCO)NCCC1=CCCCC1. The first-order valence-corrected chi connectivity index (χ1v) is 6.38. The third-order valence-electron chi connectivity index (χ3n) is 2.97. The molecule has 0 unspecified atom stereocenters. The number of hydrogen-bond acceptors (Lipinski definition) is 2. The molecule has 0 radical (unpaired) electrons. The Morgan fingerprint density at radius 1 is 1.38 bits per heavy atom. The minimum atomic E-state index is 0.116. The zero-order chi connectivity index (χ0) is 11.6. The standard InChI is InChI=1S/C13H23NO2/c15-11-5-4-8-13(16)14-10-9-12-6-2-1-3-7-12/h6,15H,1-5,7-11H2,(H,14,16). The average molecular weight is 225 g/mol. The van der Waals surface area contributed by atoms with Crippen molar-refractivity contribution in [1.29, 1.82) is 0 Å². The molecule has 0 aromatic heterocycles. The van der Waals surface area contributed by atoms with Gasteiger partial charge in [-0.1, -0.05) is 11.6 Å². The van der Waals surface area contributed by atoms with Crippen LogP contribution in [0.15, 0.2) is 11.6 Å². The summed E-state index contributed by atoms with van der Waals surface area (Å²) in [6, 6.07) is 0. The summed E-state index contributed by atoms with van der Waals surface area (Å²) in [5.41, 5.74) is 1.50. The van der Waals surface area contributed by atoms with Gasteiger partial charge in [0.1, 0.15) is 0 Å². The van der Waals surface area contributed by atoms with Crippen molar-refractivity contribution in [3.8, 4) is 0 Å². The van der Waals surface area contributed by atoms with E-state index in [9.17, 15) is 4.79 Å². The number of unbranched alkanes of at least 4 members (excludes halogenated alkanes) is 1. The fraction of sp³-hybridized carbons (Fsp3) is 0.769. The summed E-state index contributed by atoms with van der Waals surface area (Å²) in [6.45, 7) is 0.948. The van der Waals surface area contributed by atoms with Crippen LogP contribution in [-0.4, -0.2) is 24.2 Å². The van der Waals surface area contributed by atoms with Crippen LogP contribution in [-0.2, 0) is 4.79 Å². The van der Waals surface area contributed by atoms with Gasteiger partial charge in [0.2, 0.25) is 5.91 Å². The zero-order valence-corrected chi connectivity index (χ0v) is 10.0. The molecule has 1 amide bonds. The summed E-state index contributed by atoms with van der Waals surface area (Å²) in [4.78, 5) is 11.3. The molecule has 1 aliphatic carbocycles. The van der Waals surface area contributed by atoms with Gasteiger partial charge in [-0.15, -0.1) is 0 Å². The van der Waals surface area contributed by atoms with E-state index in [0.717, 1.165) is 25.8 Å². The third-order valence-corrected chi connectivity index (χ3v) is 2.97. The molecule has 1 rings (SSSR count). The summed E-state index contributed by atoms with van der Waals surface area (Å²) < 4.78 is 0. The van der Waals surface area contributed by atoms with Crippen LogP contribution in [0.5, 0.6) is 0 Å². The summed E-state index contributed by atoms with van der Waals surface area (Å²) in [5, 5.41) is 11.5. The molecule has 0 aromatic rings. The van der Waals surface area contributed by atoms with Crippen molar-refractivity contribution in [2.75, 3.05) is 13.2 Å². The van der Waals surface area contributed by atoms with Gasteiger partial charge in [-0.05, 0) is 44.9 Å². The van der Waals surface area contributed by atoms with Crippen molar-refractivity contribution in [2.24, 2.45) is 0 Å². The molecular formula is C13H23NO2. The predicted octanol–water partition coefficient (Wildman–Crippen LogP) is 2.16. The van der Waals surface area contributed by atoms with E-state index >= 15 is 0 Å². The first-order valence-electron chi connectivity index (χ1n) is 6.38. The summed E-state index contributed by atoms with van der Waals surface area (Å²) in [7, 11) is 0. The van der Waals surface area contributed by atoms with Crippen molar-refractivity contribution in [2.45, 2.75) is 51.4 Å². The topological polar surface area (TPSA) is 49.3 Å². The second-order valence-electron chi connectivity index (χ2n) is 4.39. The highest BCUT2D eigenvalue weighted by molar-refractivity contribution is 5.75. The van der Waals surface area contributed by atoms with Crippen LogP contribution in [0.25, 0.3) is 0 Å². The fourth-order valence-electron chi connectivity index (χ4n) is 1.98. The lowest BCUT2D eigenvalue weighted by Gasteiger charge is -2.12. The van der Waals surface area contributed by atoms with Gasteiger partial charge < -0.3 is 10.4 Å². The Balaban J connectivity index is 2.01.